The molecule has 0 amide bonds. The summed E-state index contributed by atoms with van der Waals surface area (Å²) in [6, 6.07) is 0. The zero-order valence-corrected chi connectivity index (χ0v) is 21.8. The fourth-order valence-corrected chi connectivity index (χ4v) is 3.08. The monoisotopic (exact) mass is 506 g/mol. The summed E-state index contributed by atoms with van der Waals surface area (Å²) in [5.41, 5.74) is -5.65. The largest absolute Gasteiger partial charge is 3.00 e. The second-order valence-electron chi connectivity index (χ2n) is 8.09. The molecule has 10 radical (unpaired) electrons. The van der Waals surface area contributed by atoms with Crippen LogP contribution in [0.1, 0.15) is 69.2 Å². The number of rotatable bonds is 0. The van der Waals surface area contributed by atoms with Crippen LogP contribution in [0.25, 0.3) is 0 Å². The van der Waals surface area contributed by atoms with Crippen LogP contribution < -0.4 is 0 Å². The van der Waals surface area contributed by atoms with Crippen molar-refractivity contribution in [3.63, 3.8) is 0 Å². The molecule has 31 heavy (non-hydrogen) atoms. The van der Waals surface area contributed by atoms with Gasteiger partial charge in [-0.05, 0) is 72.0 Å². The predicted octanol–water partition coefficient (Wildman–Crippen LogP) is 6.48. The maximum absolute atomic E-state index is 10.7. The van der Waals surface area contributed by atoms with Crippen molar-refractivity contribution >= 4 is 10.1 Å². The Labute approximate surface area is 199 Å². The summed E-state index contributed by atoms with van der Waals surface area (Å²) in [4.78, 5) is 0. The molecule has 2 rings (SSSR count). The van der Waals surface area contributed by atoms with Crippen LogP contribution in [-0.4, -0.2) is 18.5 Å². The van der Waals surface area contributed by atoms with Gasteiger partial charge in [-0.1, -0.05) is 69.2 Å². The Kier molecular flexibility index (Phi) is 14.2. The van der Waals surface area contributed by atoms with Gasteiger partial charge in [0.15, 0.2) is 10.1 Å². The Morgan fingerprint density at radius 1 is 0.774 bits per heavy atom. The van der Waals surface area contributed by atoms with Crippen molar-refractivity contribution in [3.8, 4) is 0 Å². The van der Waals surface area contributed by atoms with Crippen LogP contribution in [0, 0.1) is 72.0 Å². The van der Waals surface area contributed by atoms with E-state index in [0.29, 0.717) is 11.8 Å². The minimum absolute atomic E-state index is 0. The van der Waals surface area contributed by atoms with E-state index in [1.54, 1.807) is 0 Å². The maximum Gasteiger partial charge on any atom is 3.00 e. The zero-order valence-electron chi connectivity index (χ0n) is 19.9. The van der Waals surface area contributed by atoms with Gasteiger partial charge in [0.25, 0.3) is 0 Å². The average molecular weight is 507 g/mol. The molecule has 0 N–H and O–H groups in total. The van der Waals surface area contributed by atoms with Gasteiger partial charge in [-0.2, -0.15) is 13.2 Å². The third kappa shape index (κ3) is 9.93. The third-order valence-electron chi connectivity index (χ3n) is 6.18. The van der Waals surface area contributed by atoms with Gasteiger partial charge in [-0.25, -0.2) is 8.42 Å². The minimum atomic E-state index is -6.09. The quantitative estimate of drug-likeness (QED) is 0.215. The van der Waals surface area contributed by atoms with Crippen molar-refractivity contribution in [2.75, 3.05) is 0 Å². The van der Waals surface area contributed by atoms with Gasteiger partial charge in [0.1, 0.15) is 0 Å². The van der Waals surface area contributed by atoms with Crippen molar-refractivity contribution in [1.82, 2.24) is 0 Å². The van der Waals surface area contributed by atoms with Gasteiger partial charge in [-0.3, -0.25) is 0 Å². The molecule has 178 valence electrons. The molecule has 8 heteroatoms. The molecule has 0 aliphatic heterocycles. The van der Waals surface area contributed by atoms with Crippen LogP contribution in [-0.2, 0) is 26.9 Å². The Balaban J connectivity index is 0. The Morgan fingerprint density at radius 3 is 1.32 bits per heavy atom. The van der Waals surface area contributed by atoms with Crippen LogP contribution in [0.2, 0.25) is 0 Å². The molecule has 0 saturated heterocycles. The summed E-state index contributed by atoms with van der Waals surface area (Å²) in [5.74, 6) is 13.1. The van der Waals surface area contributed by atoms with Gasteiger partial charge in [0.2, 0.25) is 0 Å². The van der Waals surface area contributed by atoms with Crippen molar-refractivity contribution < 1.29 is 42.9 Å². The first kappa shape index (κ1) is 33.4. The van der Waals surface area contributed by atoms with Crippen LogP contribution in [0.15, 0.2) is 0 Å². The Morgan fingerprint density at radius 2 is 1.06 bits per heavy atom. The molecule has 0 heterocycles. The molecule has 2 atom stereocenters. The number of halogens is 3. The van der Waals surface area contributed by atoms with E-state index >= 15 is 0 Å². The van der Waals surface area contributed by atoms with Crippen molar-refractivity contribution in [2.45, 2.75) is 74.7 Å². The Hall–Kier alpha value is 0.206. The van der Waals surface area contributed by atoms with E-state index in [0.717, 1.165) is 0 Å². The maximum atomic E-state index is 10.7. The van der Waals surface area contributed by atoms with Crippen molar-refractivity contribution in [1.29, 1.82) is 0 Å². The first-order valence-electron chi connectivity index (χ1n) is 9.75. The second-order valence-corrected chi connectivity index (χ2v) is 9.46. The normalized spacial score (nSPS) is 27.0. The molecule has 3 nitrogen and oxygen atoms in total. The average Bonchev–Trinajstić information content (AvgIpc) is 2.72. The van der Waals surface area contributed by atoms with Gasteiger partial charge in [-0.15, -0.1) is 0 Å². The molecule has 2 aliphatic rings. The van der Waals surface area contributed by atoms with Gasteiger partial charge in [0.05, 0.1) is 0 Å². The summed E-state index contributed by atoms with van der Waals surface area (Å²) < 4.78 is 58.9. The molecule has 0 bridgehead atoms. The molecule has 0 aromatic heterocycles. The standard InChI is InChI=1S/C12H19.C10H15.CHF3O3S.Co/c1-8-6-10(3)12(5)11(4)7-9(8)2;1-6-7(2)9(4)10(5)8(6)3;2-1(3,4)8(5,6)7;/h6-7,10,12H,1-5H3;1-5H3;(H,5,6,7);/q;;;+3/p-1/t10-,12+;;;/m1.../s1. The van der Waals surface area contributed by atoms with E-state index in [1.807, 2.05) is 0 Å². The number of hydrogen-bond donors (Lipinski definition) is 0. The van der Waals surface area contributed by atoms with Gasteiger partial charge >= 0.3 is 22.3 Å². The van der Waals surface area contributed by atoms with E-state index in [2.05, 4.69) is 82.1 Å². The minimum Gasteiger partial charge on any atom is -0.741 e. The van der Waals surface area contributed by atoms with E-state index in [-0.39, 0.29) is 16.8 Å². The molecular weight excluding hydrogens is 472 g/mol. The van der Waals surface area contributed by atoms with Crippen molar-refractivity contribution in [2.24, 2.45) is 11.8 Å². The molecule has 2 saturated carbocycles. The van der Waals surface area contributed by atoms with E-state index < -0.39 is 15.6 Å². The molecule has 0 aromatic rings. The molecule has 2 aliphatic carbocycles. The number of alkyl halides is 3. The van der Waals surface area contributed by atoms with E-state index in [9.17, 15) is 13.2 Å². The fraction of sp³-hybridized carbons (Fsp3) is 0.565. The first-order valence-corrected chi connectivity index (χ1v) is 11.2. The van der Waals surface area contributed by atoms with E-state index in [4.69, 9.17) is 13.0 Å². The Bertz CT molecular complexity index is 551. The van der Waals surface area contributed by atoms with Crippen LogP contribution >= 0.6 is 0 Å². The zero-order chi connectivity index (χ0) is 24.2. The molecular formula is C23H34CoF3O3S+2. The van der Waals surface area contributed by atoms with Crippen molar-refractivity contribution in [3.05, 3.63) is 60.2 Å². The van der Waals surface area contributed by atoms with Crippen LogP contribution in [0.5, 0.6) is 0 Å². The smallest absolute Gasteiger partial charge is 0.741 e. The molecule has 2 fully saturated rings. The summed E-state index contributed by atoms with van der Waals surface area (Å²) in [5, 5.41) is 0. The van der Waals surface area contributed by atoms with Crippen LogP contribution in [0.4, 0.5) is 13.2 Å². The molecule has 0 unspecified atom stereocenters. The molecule has 0 spiro atoms. The first-order chi connectivity index (χ1) is 13.3. The summed E-state index contributed by atoms with van der Waals surface area (Å²) in [6.45, 7) is 22.2. The topological polar surface area (TPSA) is 57.2 Å². The fourth-order valence-electron chi connectivity index (χ4n) is 3.08. The predicted molar refractivity (Wildman–Crippen MR) is 114 cm³/mol. The summed E-state index contributed by atoms with van der Waals surface area (Å²) in [6.07, 6.45) is 4.70. The number of hydrogen-bond acceptors (Lipinski definition) is 3. The van der Waals surface area contributed by atoms with Crippen LogP contribution in [0.3, 0.4) is 0 Å². The second kappa shape index (κ2) is 13.2. The van der Waals surface area contributed by atoms with Gasteiger partial charge in [0, 0.05) is 0 Å². The molecule has 0 aromatic carbocycles. The third-order valence-corrected chi connectivity index (χ3v) is 6.75. The SMILES string of the molecule is C[C]1[CH][C](C)[C@@H](C)[C@H](C)[CH][C]1C.C[C]1[C](C)[C](C)[C](C)[C]1C.O=S(=O)([O-])C(F)(F)F.[Co+3]. The summed E-state index contributed by atoms with van der Waals surface area (Å²) in [7, 11) is -6.09. The van der Waals surface area contributed by atoms with E-state index in [1.165, 1.54) is 47.3 Å². The summed E-state index contributed by atoms with van der Waals surface area (Å²) >= 11 is 0. The van der Waals surface area contributed by atoms with Gasteiger partial charge < -0.3 is 4.55 Å².